The molecule has 74 valence electrons. The number of hydrogen-bond donors (Lipinski definition) is 2. The Balaban J connectivity index is 2.27. The van der Waals surface area contributed by atoms with E-state index in [0.29, 0.717) is 6.54 Å². The molecule has 0 saturated carbocycles. The van der Waals surface area contributed by atoms with Gasteiger partial charge in [0.15, 0.2) is 0 Å². The van der Waals surface area contributed by atoms with Crippen LogP contribution in [0.25, 0.3) is 10.2 Å². The van der Waals surface area contributed by atoms with Crippen LogP contribution in [0.3, 0.4) is 0 Å². The fourth-order valence-corrected chi connectivity index (χ4v) is 2.11. The molecule has 0 aromatic carbocycles. The molecule has 14 heavy (non-hydrogen) atoms. The average Bonchev–Trinajstić information content (AvgIpc) is 2.62. The standard InChI is InChI=1S/C10H12N2OS/c1-7(13)6-12-8-2-4-11-9-3-5-14-10(8)9/h2-5,7,13H,6H2,1H3,(H,11,12)/t7-/m1/s1. The number of rotatable bonds is 3. The summed E-state index contributed by atoms with van der Waals surface area (Å²) >= 11 is 1.66. The van der Waals surface area contributed by atoms with E-state index in [9.17, 15) is 0 Å². The Bertz CT molecular complexity index is 425. The van der Waals surface area contributed by atoms with Crippen LogP contribution >= 0.6 is 11.3 Å². The first-order valence-corrected chi connectivity index (χ1v) is 5.39. The molecule has 2 heterocycles. The molecule has 0 aliphatic rings. The number of aliphatic hydroxyl groups excluding tert-OH is 1. The molecule has 0 amide bonds. The first kappa shape index (κ1) is 9.43. The van der Waals surface area contributed by atoms with Crippen molar-refractivity contribution in [3.63, 3.8) is 0 Å². The van der Waals surface area contributed by atoms with Crippen molar-refractivity contribution in [1.29, 1.82) is 0 Å². The van der Waals surface area contributed by atoms with Gasteiger partial charge >= 0.3 is 0 Å². The van der Waals surface area contributed by atoms with E-state index < -0.39 is 0 Å². The van der Waals surface area contributed by atoms with Gasteiger partial charge < -0.3 is 10.4 Å². The van der Waals surface area contributed by atoms with Gasteiger partial charge in [0.25, 0.3) is 0 Å². The second-order valence-electron chi connectivity index (χ2n) is 3.22. The van der Waals surface area contributed by atoms with E-state index in [1.54, 1.807) is 24.5 Å². The number of pyridine rings is 1. The molecule has 0 spiro atoms. The Morgan fingerprint density at radius 2 is 2.43 bits per heavy atom. The van der Waals surface area contributed by atoms with Crippen molar-refractivity contribution < 1.29 is 5.11 Å². The summed E-state index contributed by atoms with van der Waals surface area (Å²) in [5.41, 5.74) is 2.05. The summed E-state index contributed by atoms with van der Waals surface area (Å²) in [7, 11) is 0. The summed E-state index contributed by atoms with van der Waals surface area (Å²) in [5, 5.41) is 14.4. The molecule has 0 unspecified atom stereocenters. The summed E-state index contributed by atoms with van der Waals surface area (Å²) in [6.07, 6.45) is 1.44. The van der Waals surface area contributed by atoms with E-state index in [-0.39, 0.29) is 6.10 Å². The van der Waals surface area contributed by atoms with Gasteiger partial charge in [-0.1, -0.05) is 0 Å². The second-order valence-corrected chi connectivity index (χ2v) is 4.14. The van der Waals surface area contributed by atoms with Crippen molar-refractivity contribution in [2.24, 2.45) is 0 Å². The van der Waals surface area contributed by atoms with Gasteiger partial charge in [-0.25, -0.2) is 0 Å². The lowest BCUT2D eigenvalue weighted by Crippen LogP contribution is -2.15. The summed E-state index contributed by atoms with van der Waals surface area (Å²) in [6.45, 7) is 2.33. The minimum absolute atomic E-state index is 0.335. The molecule has 4 heteroatoms. The fraction of sp³-hybridized carbons (Fsp3) is 0.300. The van der Waals surface area contributed by atoms with Gasteiger partial charge in [-0.3, -0.25) is 4.98 Å². The predicted octanol–water partition coefficient (Wildman–Crippen LogP) is 2.09. The van der Waals surface area contributed by atoms with Gasteiger partial charge in [0, 0.05) is 12.7 Å². The van der Waals surface area contributed by atoms with Crippen molar-refractivity contribution in [1.82, 2.24) is 4.98 Å². The van der Waals surface area contributed by atoms with E-state index in [1.165, 1.54) is 0 Å². The van der Waals surface area contributed by atoms with Crippen molar-refractivity contribution >= 4 is 27.2 Å². The van der Waals surface area contributed by atoms with E-state index in [1.807, 2.05) is 17.5 Å². The number of hydrogen-bond acceptors (Lipinski definition) is 4. The summed E-state index contributed by atoms with van der Waals surface area (Å²) in [4.78, 5) is 4.24. The Labute approximate surface area is 86.4 Å². The van der Waals surface area contributed by atoms with Crippen LogP contribution in [-0.2, 0) is 0 Å². The monoisotopic (exact) mass is 208 g/mol. The van der Waals surface area contributed by atoms with Gasteiger partial charge in [-0.15, -0.1) is 11.3 Å². The molecule has 0 bridgehead atoms. The van der Waals surface area contributed by atoms with E-state index in [0.717, 1.165) is 15.9 Å². The van der Waals surface area contributed by atoms with Gasteiger partial charge in [0.1, 0.15) is 0 Å². The lowest BCUT2D eigenvalue weighted by Gasteiger charge is -2.08. The highest BCUT2D eigenvalue weighted by Gasteiger charge is 2.03. The maximum atomic E-state index is 9.16. The third-order valence-corrected chi connectivity index (χ3v) is 2.87. The van der Waals surface area contributed by atoms with Crippen LogP contribution < -0.4 is 5.32 Å². The van der Waals surface area contributed by atoms with Crippen molar-refractivity contribution in [2.75, 3.05) is 11.9 Å². The Morgan fingerprint density at radius 1 is 1.57 bits per heavy atom. The molecule has 3 nitrogen and oxygen atoms in total. The molecule has 0 fully saturated rings. The van der Waals surface area contributed by atoms with Gasteiger partial charge in [0.05, 0.1) is 22.0 Å². The molecule has 2 aromatic heterocycles. The zero-order valence-corrected chi connectivity index (χ0v) is 8.71. The Kier molecular flexibility index (Phi) is 2.65. The molecular formula is C10H12N2OS. The minimum atomic E-state index is -0.335. The van der Waals surface area contributed by atoms with Crippen LogP contribution in [0.2, 0.25) is 0 Å². The summed E-state index contributed by atoms with van der Waals surface area (Å²) < 4.78 is 1.15. The number of fused-ring (bicyclic) bond motifs is 1. The number of anilines is 1. The average molecular weight is 208 g/mol. The number of aromatic nitrogens is 1. The van der Waals surface area contributed by atoms with Gasteiger partial charge in [0.2, 0.25) is 0 Å². The number of thiophene rings is 1. The molecule has 2 N–H and O–H groups in total. The molecule has 0 aliphatic heterocycles. The van der Waals surface area contributed by atoms with Crippen molar-refractivity contribution in [2.45, 2.75) is 13.0 Å². The molecule has 0 saturated heterocycles. The number of nitrogens with one attached hydrogen (secondary N) is 1. The molecule has 0 aliphatic carbocycles. The highest BCUT2D eigenvalue weighted by molar-refractivity contribution is 7.17. The highest BCUT2D eigenvalue weighted by Crippen LogP contribution is 2.26. The lowest BCUT2D eigenvalue weighted by atomic mass is 10.3. The van der Waals surface area contributed by atoms with E-state index >= 15 is 0 Å². The van der Waals surface area contributed by atoms with Crippen LogP contribution in [0, 0.1) is 0 Å². The smallest absolute Gasteiger partial charge is 0.0830 e. The molecule has 0 radical (unpaired) electrons. The fourth-order valence-electron chi connectivity index (χ4n) is 1.27. The van der Waals surface area contributed by atoms with Gasteiger partial charge in [-0.05, 0) is 24.4 Å². The third-order valence-electron chi connectivity index (χ3n) is 1.93. The van der Waals surface area contributed by atoms with Crippen molar-refractivity contribution in [3.05, 3.63) is 23.7 Å². The van der Waals surface area contributed by atoms with E-state index in [4.69, 9.17) is 5.11 Å². The maximum Gasteiger partial charge on any atom is 0.0830 e. The van der Waals surface area contributed by atoms with Crippen LogP contribution in [0.4, 0.5) is 5.69 Å². The third kappa shape index (κ3) is 1.86. The normalized spacial score (nSPS) is 13.0. The SMILES string of the molecule is C[C@@H](O)CNc1ccnc2ccsc12. The molecule has 2 aromatic rings. The molecular weight excluding hydrogens is 196 g/mol. The zero-order valence-electron chi connectivity index (χ0n) is 7.90. The zero-order chi connectivity index (χ0) is 9.97. The van der Waals surface area contributed by atoms with Crippen LogP contribution in [0.5, 0.6) is 0 Å². The summed E-state index contributed by atoms with van der Waals surface area (Å²) in [5.74, 6) is 0. The molecule has 2 rings (SSSR count). The predicted molar refractivity (Wildman–Crippen MR) is 59.8 cm³/mol. The van der Waals surface area contributed by atoms with Crippen LogP contribution in [0.1, 0.15) is 6.92 Å². The summed E-state index contributed by atoms with van der Waals surface area (Å²) in [6, 6.07) is 3.93. The van der Waals surface area contributed by atoms with Crippen molar-refractivity contribution in [3.8, 4) is 0 Å². The molecule has 1 atom stereocenters. The van der Waals surface area contributed by atoms with E-state index in [2.05, 4.69) is 10.3 Å². The first-order valence-electron chi connectivity index (χ1n) is 4.51. The lowest BCUT2D eigenvalue weighted by molar-refractivity contribution is 0.208. The number of nitrogens with zero attached hydrogens (tertiary/aromatic N) is 1. The topological polar surface area (TPSA) is 45.1 Å². The Morgan fingerprint density at radius 3 is 3.21 bits per heavy atom. The minimum Gasteiger partial charge on any atom is -0.392 e. The van der Waals surface area contributed by atoms with Crippen LogP contribution in [0.15, 0.2) is 23.7 Å². The maximum absolute atomic E-state index is 9.16. The number of aliphatic hydroxyl groups is 1. The Hall–Kier alpha value is -1.13. The largest absolute Gasteiger partial charge is 0.392 e. The van der Waals surface area contributed by atoms with Crippen LogP contribution in [-0.4, -0.2) is 22.7 Å². The first-order chi connectivity index (χ1) is 6.77. The quantitative estimate of drug-likeness (QED) is 0.811. The highest BCUT2D eigenvalue weighted by atomic mass is 32.1. The second kappa shape index (κ2) is 3.94. The van der Waals surface area contributed by atoms with Gasteiger partial charge in [-0.2, -0.15) is 0 Å².